The van der Waals surface area contributed by atoms with Gasteiger partial charge in [-0.3, -0.25) is 0 Å². The molecule has 0 bridgehead atoms. The van der Waals surface area contributed by atoms with Gasteiger partial charge in [-0.1, -0.05) is 32.9 Å². The molecule has 0 aromatic heterocycles. The summed E-state index contributed by atoms with van der Waals surface area (Å²) < 4.78 is 0. The second-order valence-electron chi connectivity index (χ2n) is 3.28. The quantitative estimate of drug-likeness (QED) is 0.596. The van der Waals surface area contributed by atoms with E-state index in [4.69, 9.17) is 5.11 Å². The SMILES string of the molecule is CC/C=C/[C@@H](CCO)NC(C)C. The lowest BCUT2D eigenvalue weighted by molar-refractivity contribution is 0.272. The molecule has 0 aromatic carbocycles. The van der Waals surface area contributed by atoms with Gasteiger partial charge in [0.15, 0.2) is 0 Å². The van der Waals surface area contributed by atoms with Crippen molar-refractivity contribution in [2.45, 2.75) is 45.7 Å². The Kier molecular flexibility index (Phi) is 7.11. The molecule has 2 N–H and O–H groups in total. The molecule has 0 radical (unpaired) electrons. The number of hydrogen-bond acceptors (Lipinski definition) is 2. The van der Waals surface area contributed by atoms with Gasteiger partial charge in [0.1, 0.15) is 0 Å². The van der Waals surface area contributed by atoms with Crippen LogP contribution in [0.4, 0.5) is 0 Å². The molecule has 0 aliphatic heterocycles. The molecule has 0 fully saturated rings. The van der Waals surface area contributed by atoms with Crippen molar-refractivity contribution in [2.24, 2.45) is 0 Å². The second kappa shape index (κ2) is 7.32. The van der Waals surface area contributed by atoms with Gasteiger partial charge in [0.2, 0.25) is 0 Å². The largest absolute Gasteiger partial charge is 0.396 e. The Labute approximate surface area is 75.7 Å². The highest BCUT2D eigenvalue weighted by Gasteiger charge is 2.03. The Morgan fingerprint density at radius 2 is 2.08 bits per heavy atom. The van der Waals surface area contributed by atoms with Gasteiger partial charge in [-0.25, -0.2) is 0 Å². The minimum atomic E-state index is 0.248. The van der Waals surface area contributed by atoms with Gasteiger partial charge in [0, 0.05) is 18.7 Å². The molecule has 12 heavy (non-hydrogen) atoms. The molecule has 1 atom stereocenters. The summed E-state index contributed by atoms with van der Waals surface area (Å²) in [4.78, 5) is 0. The average Bonchev–Trinajstić information content (AvgIpc) is 2.00. The molecular formula is C10H21NO. The van der Waals surface area contributed by atoms with Crippen LogP contribution in [0.2, 0.25) is 0 Å². The zero-order valence-corrected chi connectivity index (χ0v) is 8.38. The van der Waals surface area contributed by atoms with Crippen molar-refractivity contribution < 1.29 is 5.11 Å². The lowest BCUT2D eigenvalue weighted by atomic mass is 10.1. The van der Waals surface area contributed by atoms with Crippen LogP contribution >= 0.6 is 0 Å². The second-order valence-corrected chi connectivity index (χ2v) is 3.28. The molecule has 0 aliphatic rings. The van der Waals surface area contributed by atoms with E-state index in [0.717, 1.165) is 12.8 Å². The topological polar surface area (TPSA) is 32.3 Å². The number of hydrogen-bond donors (Lipinski definition) is 2. The maximum absolute atomic E-state index is 8.78. The fourth-order valence-corrected chi connectivity index (χ4v) is 1.10. The van der Waals surface area contributed by atoms with E-state index in [9.17, 15) is 0 Å². The minimum Gasteiger partial charge on any atom is -0.396 e. The van der Waals surface area contributed by atoms with Crippen molar-refractivity contribution in [3.8, 4) is 0 Å². The molecule has 0 unspecified atom stereocenters. The number of aliphatic hydroxyl groups is 1. The fraction of sp³-hybridized carbons (Fsp3) is 0.800. The minimum absolute atomic E-state index is 0.248. The highest BCUT2D eigenvalue weighted by molar-refractivity contribution is 4.93. The zero-order chi connectivity index (χ0) is 9.40. The summed E-state index contributed by atoms with van der Waals surface area (Å²) in [6.07, 6.45) is 6.13. The van der Waals surface area contributed by atoms with E-state index >= 15 is 0 Å². The van der Waals surface area contributed by atoms with Gasteiger partial charge in [0.05, 0.1) is 0 Å². The van der Waals surface area contributed by atoms with Crippen LogP contribution in [0.25, 0.3) is 0 Å². The summed E-state index contributed by atoms with van der Waals surface area (Å²) in [6, 6.07) is 0.804. The van der Waals surface area contributed by atoms with E-state index < -0.39 is 0 Å². The van der Waals surface area contributed by atoms with Crippen LogP contribution in [0.5, 0.6) is 0 Å². The van der Waals surface area contributed by atoms with Crippen LogP contribution in [-0.2, 0) is 0 Å². The predicted octanol–water partition coefficient (Wildman–Crippen LogP) is 1.70. The van der Waals surface area contributed by atoms with E-state index in [1.807, 2.05) is 0 Å². The van der Waals surface area contributed by atoms with E-state index in [-0.39, 0.29) is 6.61 Å². The lowest BCUT2D eigenvalue weighted by Crippen LogP contribution is -2.33. The summed E-state index contributed by atoms with van der Waals surface area (Å²) in [6.45, 7) is 6.59. The first kappa shape index (κ1) is 11.7. The van der Waals surface area contributed by atoms with Crippen molar-refractivity contribution in [3.63, 3.8) is 0 Å². The number of nitrogens with one attached hydrogen (secondary N) is 1. The van der Waals surface area contributed by atoms with E-state index in [1.54, 1.807) is 0 Å². The molecule has 0 heterocycles. The molecular weight excluding hydrogens is 150 g/mol. The molecule has 0 saturated heterocycles. The first-order chi connectivity index (χ1) is 5.70. The van der Waals surface area contributed by atoms with Crippen LogP contribution in [0.3, 0.4) is 0 Å². The summed E-state index contributed by atoms with van der Waals surface area (Å²) in [5.74, 6) is 0. The highest BCUT2D eigenvalue weighted by Crippen LogP contribution is 1.96. The van der Waals surface area contributed by atoms with Crippen LogP contribution < -0.4 is 5.32 Å². The zero-order valence-electron chi connectivity index (χ0n) is 8.38. The molecule has 0 spiro atoms. The van der Waals surface area contributed by atoms with Crippen molar-refractivity contribution in [1.29, 1.82) is 0 Å². The summed E-state index contributed by atoms with van der Waals surface area (Å²) in [7, 11) is 0. The number of rotatable bonds is 6. The Morgan fingerprint density at radius 3 is 2.50 bits per heavy atom. The van der Waals surface area contributed by atoms with Crippen molar-refractivity contribution in [1.82, 2.24) is 5.32 Å². The number of aliphatic hydroxyl groups excluding tert-OH is 1. The third kappa shape index (κ3) is 6.38. The molecule has 2 nitrogen and oxygen atoms in total. The van der Waals surface area contributed by atoms with Crippen LogP contribution in [-0.4, -0.2) is 23.8 Å². The van der Waals surface area contributed by atoms with Gasteiger partial charge in [-0.15, -0.1) is 0 Å². The number of allylic oxidation sites excluding steroid dienone is 1. The lowest BCUT2D eigenvalue weighted by Gasteiger charge is -2.16. The highest BCUT2D eigenvalue weighted by atomic mass is 16.3. The van der Waals surface area contributed by atoms with E-state index in [2.05, 4.69) is 38.2 Å². The summed E-state index contributed by atoms with van der Waals surface area (Å²) in [5, 5.41) is 12.1. The molecule has 0 amide bonds. The van der Waals surface area contributed by atoms with Crippen molar-refractivity contribution in [3.05, 3.63) is 12.2 Å². The standard InChI is InChI=1S/C10H21NO/c1-4-5-6-10(7-8-12)11-9(2)3/h5-6,9-12H,4,7-8H2,1-3H3/b6-5+/t10-/m0/s1. The fourth-order valence-electron chi connectivity index (χ4n) is 1.10. The monoisotopic (exact) mass is 171 g/mol. The molecule has 0 aliphatic carbocycles. The Hall–Kier alpha value is -0.340. The molecule has 0 aromatic rings. The Bertz CT molecular complexity index is 121. The smallest absolute Gasteiger partial charge is 0.0448 e. The van der Waals surface area contributed by atoms with Gasteiger partial charge in [-0.2, -0.15) is 0 Å². The van der Waals surface area contributed by atoms with Gasteiger partial charge in [0.25, 0.3) is 0 Å². The van der Waals surface area contributed by atoms with Crippen molar-refractivity contribution >= 4 is 0 Å². The van der Waals surface area contributed by atoms with E-state index in [0.29, 0.717) is 12.1 Å². The maximum atomic E-state index is 8.78. The normalized spacial score (nSPS) is 14.4. The summed E-state index contributed by atoms with van der Waals surface area (Å²) >= 11 is 0. The third-order valence-electron chi connectivity index (χ3n) is 1.59. The molecule has 0 rings (SSSR count). The van der Waals surface area contributed by atoms with Gasteiger partial charge >= 0.3 is 0 Å². The van der Waals surface area contributed by atoms with Crippen LogP contribution in [0, 0.1) is 0 Å². The Morgan fingerprint density at radius 1 is 1.42 bits per heavy atom. The first-order valence-corrected chi connectivity index (χ1v) is 4.74. The molecule has 72 valence electrons. The Balaban J connectivity index is 3.77. The maximum Gasteiger partial charge on any atom is 0.0448 e. The first-order valence-electron chi connectivity index (χ1n) is 4.74. The molecule has 0 saturated carbocycles. The summed E-state index contributed by atoms with van der Waals surface area (Å²) in [5.41, 5.74) is 0. The van der Waals surface area contributed by atoms with Crippen LogP contribution in [0.1, 0.15) is 33.6 Å². The molecule has 2 heteroatoms. The van der Waals surface area contributed by atoms with Crippen LogP contribution in [0.15, 0.2) is 12.2 Å². The third-order valence-corrected chi connectivity index (χ3v) is 1.59. The predicted molar refractivity (Wildman–Crippen MR) is 53.2 cm³/mol. The van der Waals surface area contributed by atoms with Gasteiger partial charge < -0.3 is 10.4 Å². The van der Waals surface area contributed by atoms with Gasteiger partial charge in [-0.05, 0) is 12.8 Å². The average molecular weight is 171 g/mol. The van der Waals surface area contributed by atoms with E-state index in [1.165, 1.54) is 0 Å². The van der Waals surface area contributed by atoms with Crippen molar-refractivity contribution in [2.75, 3.05) is 6.61 Å².